The van der Waals surface area contributed by atoms with Crippen molar-refractivity contribution in [1.29, 1.82) is 0 Å². The molecule has 2 rings (SSSR count). The number of primary amides is 1. The number of amides is 1. The Kier molecular flexibility index (Phi) is 2.86. The van der Waals surface area contributed by atoms with Crippen LogP contribution in [-0.4, -0.2) is 11.0 Å². The Morgan fingerprint density at radius 1 is 1.25 bits per heavy atom. The Hall–Kier alpha value is -1.51. The smallest absolute Gasteiger partial charge is 0.223 e. The van der Waals surface area contributed by atoms with E-state index in [-0.39, 0.29) is 17.1 Å². The predicted molar refractivity (Wildman–Crippen MR) is 61.9 cm³/mol. The molecule has 1 aromatic rings. The van der Waals surface area contributed by atoms with Crippen LogP contribution < -0.4 is 5.73 Å². The van der Waals surface area contributed by atoms with E-state index in [9.17, 15) is 9.90 Å². The molecule has 0 aliphatic heterocycles. The van der Waals surface area contributed by atoms with Gasteiger partial charge in [-0.3, -0.25) is 4.79 Å². The lowest BCUT2D eigenvalue weighted by Gasteiger charge is -2.25. The second-order valence-corrected chi connectivity index (χ2v) is 4.69. The Bertz CT molecular complexity index is 377. The molecule has 3 nitrogen and oxygen atoms in total. The SMILES string of the molecule is NC(=O)C1(Cc2ccc(O)cc2)CCCC1. The molecule has 0 spiro atoms. The maximum atomic E-state index is 11.6. The molecule has 1 aromatic carbocycles. The summed E-state index contributed by atoms with van der Waals surface area (Å²) in [7, 11) is 0. The summed E-state index contributed by atoms with van der Waals surface area (Å²) >= 11 is 0. The lowest BCUT2D eigenvalue weighted by Crippen LogP contribution is -2.36. The summed E-state index contributed by atoms with van der Waals surface area (Å²) in [5, 5.41) is 9.20. The van der Waals surface area contributed by atoms with Crippen LogP contribution in [0, 0.1) is 5.41 Å². The molecule has 1 saturated carbocycles. The van der Waals surface area contributed by atoms with Gasteiger partial charge in [0.05, 0.1) is 5.41 Å². The normalized spacial score (nSPS) is 18.5. The first-order valence-corrected chi connectivity index (χ1v) is 5.70. The third-order valence-corrected chi connectivity index (χ3v) is 3.56. The third kappa shape index (κ3) is 2.03. The number of carbonyl (C=O) groups excluding carboxylic acids is 1. The van der Waals surface area contributed by atoms with Crippen molar-refractivity contribution in [2.75, 3.05) is 0 Å². The minimum atomic E-state index is -0.350. The predicted octanol–water partition coefficient (Wildman–Crippen LogP) is 1.98. The van der Waals surface area contributed by atoms with E-state index in [0.29, 0.717) is 6.42 Å². The Labute approximate surface area is 95.3 Å². The molecule has 1 aliphatic rings. The number of benzene rings is 1. The van der Waals surface area contributed by atoms with Gasteiger partial charge >= 0.3 is 0 Å². The molecular formula is C13H17NO2. The lowest BCUT2D eigenvalue weighted by molar-refractivity contribution is -0.127. The van der Waals surface area contributed by atoms with Crippen molar-refractivity contribution >= 4 is 5.91 Å². The van der Waals surface area contributed by atoms with Gasteiger partial charge in [0.15, 0.2) is 0 Å². The van der Waals surface area contributed by atoms with Crippen molar-refractivity contribution < 1.29 is 9.90 Å². The topological polar surface area (TPSA) is 63.3 Å². The first-order chi connectivity index (χ1) is 7.62. The number of nitrogens with two attached hydrogens (primary N) is 1. The third-order valence-electron chi connectivity index (χ3n) is 3.56. The van der Waals surface area contributed by atoms with Gasteiger partial charge in [-0.1, -0.05) is 25.0 Å². The molecule has 0 atom stereocenters. The first kappa shape index (κ1) is 11.0. The fourth-order valence-electron chi connectivity index (χ4n) is 2.57. The average molecular weight is 219 g/mol. The summed E-state index contributed by atoms with van der Waals surface area (Å²) in [5.74, 6) is 0.0707. The van der Waals surface area contributed by atoms with Crippen molar-refractivity contribution in [2.45, 2.75) is 32.1 Å². The van der Waals surface area contributed by atoms with E-state index in [1.54, 1.807) is 12.1 Å². The molecule has 86 valence electrons. The molecule has 16 heavy (non-hydrogen) atoms. The largest absolute Gasteiger partial charge is 0.508 e. The van der Waals surface area contributed by atoms with E-state index >= 15 is 0 Å². The zero-order valence-electron chi connectivity index (χ0n) is 9.28. The fourth-order valence-corrected chi connectivity index (χ4v) is 2.57. The highest BCUT2D eigenvalue weighted by Crippen LogP contribution is 2.40. The fraction of sp³-hybridized carbons (Fsp3) is 0.462. The molecule has 0 aromatic heterocycles. The lowest BCUT2D eigenvalue weighted by atomic mass is 9.79. The van der Waals surface area contributed by atoms with Gasteiger partial charge in [0, 0.05) is 0 Å². The number of rotatable bonds is 3. The number of phenols is 1. The van der Waals surface area contributed by atoms with Gasteiger partial charge in [-0.05, 0) is 37.0 Å². The summed E-state index contributed by atoms with van der Waals surface area (Å²) in [6, 6.07) is 7.02. The number of aromatic hydroxyl groups is 1. The highest BCUT2D eigenvalue weighted by Gasteiger charge is 2.39. The van der Waals surface area contributed by atoms with Crippen molar-refractivity contribution in [3.05, 3.63) is 29.8 Å². The minimum Gasteiger partial charge on any atom is -0.508 e. The maximum absolute atomic E-state index is 11.6. The highest BCUT2D eigenvalue weighted by atomic mass is 16.3. The molecule has 0 heterocycles. The zero-order chi connectivity index (χ0) is 11.6. The molecule has 0 bridgehead atoms. The summed E-state index contributed by atoms with van der Waals surface area (Å²) in [4.78, 5) is 11.6. The Balaban J connectivity index is 2.18. The molecule has 1 amide bonds. The van der Waals surface area contributed by atoms with Gasteiger partial charge in [-0.2, -0.15) is 0 Å². The van der Waals surface area contributed by atoms with Gasteiger partial charge in [-0.25, -0.2) is 0 Å². The van der Waals surface area contributed by atoms with Crippen LogP contribution in [0.3, 0.4) is 0 Å². The Morgan fingerprint density at radius 3 is 2.31 bits per heavy atom. The number of phenolic OH excluding ortho intramolecular Hbond substituents is 1. The van der Waals surface area contributed by atoms with Gasteiger partial charge in [0.25, 0.3) is 0 Å². The molecular weight excluding hydrogens is 202 g/mol. The van der Waals surface area contributed by atoms with Gasteiger partial charge in [0.1, 0.15) is 5.75 Å². The quantitative estimate of drug-likeness (QED) is 0.816. The van der Waals surface area contributed by atoms with Crippen LogP contribution in [-0.2, 0) is 11.2 Å². The van der Waals surface area contributed by atoms with E-state index in [1.807, 2.05) is 12.1 Å². The molecule has 3 N–H and O–H groups in total. The zero-order valence-corrected chi connectivity index (χ0v) is 9.28. The molecule has 0 saturated heterocycles. The second-order valence-electron chi connectivity index (χ2n) is 4.69. The van der Waals surface area contributed by atoms with E-state index < -0.39 is 0 Å². The van der Waals surface area contributed by atoms with Crippen LogP contribution in [0.15, 0.2) is 24.3 Å². The van der Waals surface area contributed by atoms with Crippen LogP contribution in [0.2, 0.25) is 0 Å². The summed E-state index contributed by atoms with van der Waals surface area (Å²) in [6.07, 6.45) is 4.65. The molecule has 3 heteroatoms. The monoisotopic (exact) mass is 219 g/mol. The highest BCUT2D eigenvalue weighted by molar-refractivity contribution is 5.81. The maximum Gasteiger partial charge on any atom is 0.223 e. The molecule has 0 radical (unpaired) electrons. The van der Waals surface area contributed by atoms with E-state index in [2.05, 4.69) is 0 Å². The van der Waals surface area contributed by atoms with E-state index in [1.165, 1.54) is 0 Å². The van der Waals surface area contributed by atoms with Crippen LogP contribution in [0.25, 0.3) is 0 Å². The van der Waals surface area contributed by atoms with Crippen molar-refractivity contribution in [3.63, 3.8) is 0 Å². The minimum absolute atomic E-state index is 0.182. The second kappa shape index (κ2) is 4.16. The van der Waals surface area contributed by atoms with Crippen molar-refractivity contribution in [3.8, 4) is 5.75 Å². The van der Waals surface area contributed by atoms with Gasteiger partial charge < -0.3 is 10.8 Å². The molecule has 1 fully saturated rings. The van der Waals surface area contributed by atoms with Crippen LogP contribution in [0.1, 0.15) is 31.2 Å². The van der Waals surface area contributed by atoms with E-state index in [4.69, 9.17) is 5.73 Å². The molecule has 1 aliphatic carbocycles. The number of hydrogen-bond acceptors (Lipinski definition) is 2. The van der Waals surface area contributed by atoms with E-state index in [0.717, 1.165) is 31.2 Å². The standard InChI is InChI=1S/C13H17NO2/c14-12(16)13(7-1-2-8-13)9-10-3-5-11(15)6-4-10/h3-6,15H,1-2,7-9H2,(H2,14,16). The first-order valence-electron chi connectivity index (χ1n) is 5.70. The van der Waals surface area contributed by atoms with Crippen LogP contribution in [0.4, 0.5) is 0 Å². The number of hydrogen-bond donors (Lipinski definition) is 2. The summed E-state index contributed by atoms with van der Waals surface area (Å²) in [5.41, 5.74) is 6.24. The molecule has 0 unspecified atom stereocenters. The Morgan fingerprint density at radius 2 is 1.81 bits per heavy atom. The van der Waals surface area contributed by atoms with Gasteiger partial charge in [0.2, 0.25) is 5.91 Å². The van der Waals surface area contributed by atoms with Crippen molar-refractivity contribution in [2.24, 2.45) is 11.1 Å². The van der Waals surface area contributed by atoms with Crippen LogP contribution in [0.5, 0.6) is 5.75 Å². The van der Waals surface area contributed by atoms with Gasteiger partial charge in [-0.15, -0.1) is 0 Å². The van der Waals surface area contributed by atoms with Crippen molar-refractivity contribution in [1.82, 2.24) is 0 Å². The van der Waals surface area contributed by atoms with Crippen LogP contribution >= 0.6 is 0 Å². The average Bonchev–Trinajstić information content (AvgIpc) is 2.71. The summed E-state index contributed by atoms with van der Waals surface area (Å²) < 4.78 is 0. The number of carbonyl (C=O) groups is 1. The summed E-state index contributed by atoms with van der Waals surface area (Å²) in [6.45, 7) is 0.